The number of carbonyl (C=O) groups is 3. The zero-order chi connectivity index (χ0) is 26.7. The number of hydrogen-bond acceptors (Lipinski definition) is 9. The number of imidazole rings is 1. The smallest absolute Gasteiger partial charge is 0.328 e. The summed E-state index contributed by atoms with van der Waals surface area (Å²) in [6.45, 7) is 4.54. The van der Waals surface area contributed by atoms with Crippen molar-refractivity contribution in [3.05, 3.63) is 22.6 Å². The van der Waals surface area contributed by atoms with Crippen molar-refractivity contribution in [3.8, 4) is 6.01 Å². The van der Waals surface area contributed by atoms with Gasteiger partial charge in [0.25, 0.3) is 0 Å². The van der Waals surface area contributed by atoms with E-state index in [0.717, 1.165) is 38.6 Å². The third-order valence-corrected chi connectivity index (χ3v) is 5.45. The normalized spacial score (nSPS) is 15.6. The molecule has 1 aliphatic heterocycles. The first-order chi connectivity index (χ1) is 17.1. The first-order valence-electron chi connectivity index (χ1n) is 11.6. The van der Waals surface area contributed by atoms with Crippen LogP contribution in [0.1, 0.15) is 45.4 Å². The Morgan fingerprint density at radius 3 is 2.39 bits per heavy atom. The summed E-state index contributed by atoms with van der Waals surface area (Å²) in [6, 6.07) is -0.209. The van der Waals surface area contributed by atoms with Gasteiger partial charge in [-0.2, -0.15) is 9.97 Å². The topological polar surface area (TPSA) is 214 Å². The van der Waals surface area contributed by atoms with Gasteiger partial charge in [-0.3, -0.25) is 14.3 Å². The van der Waals surface area contributed by atoms with Gasteiger partial charge in [0.15, 0.2) is 11.5 Å². The van der Waals surface area contributed by atoms with Gasteiger partial charge < -0.3 is 30.8 Å². The first-order valence-corrected chi connectivity index (χ1v) is 11.6. The molecular formula is C22H32N6O8. The van der Waals surface area contributed by atoms with Gasteiger partial charge >= 0.3 is 29.6 Å². The lowest BCUT2D eigenvalue weighted by atomic mass is 10.2. The molecule has 0 amide bonds. The van der Waals surface area contributed by atoms with E-state index in [1.165, 1.54) is 0 Å². The maximum atomic E-state index is 12.3. The van der Waals surface area contributed by atoms with Gasteiger partial charge in [-0.1, -0.05) is 13.3 Å². The number of aryl methyl sites for hydroxylation is 1. The molecule has 14 heteroatoms. The van der Waals surface area contributed by atoms with Crippen molar-refractivity contribution in [2.24, 2.45) is 0 Å². The van der Waals surface area contributed by atoms with Crippen molar-refractivity contribution in [1.29, 1.82) is 0 Å². The van der Waals surface area contributed by atoms with Crippen LogP contribution in [0.5, 0.6) is 6.01 Å². The Bertz CT molecular complexity index is 1130. The maximum absolute atomic E-state index is 12.3. The molecule has 198 valence electrons. The SMILES string of the molecule is CCCCOc1nc(N)c2[nH]c(=O)n(CCCCN3CCC[C@H]3C(=O)O)c2n1.O=C(O)/C=C/C(=O)O. The fourth-order valence-electron chi connectivity index (χ4n) is 3.71. The number of anilines is 1. The fraction of sp³-hybridized carbons (Fsp3) is 0.545. The van der Waals surface area contributed by atoms with Gasteiger partial charge in [-0.05, 0) is 45.2 Å². The second-order valence-corrected chi connectivity index (χ2v) is 8.12. The van der Waals surface area contributed by atoms with Crippen molar-refractivity contribution in [2.75, 3.05) is 25.4 Å². The Balaban J connectivity index is 0.000000493. The summed E-state index contributed by atoms with van der Waals surface area (Å²) >= 11 is 0. The van der Waals surface area contributed by atoms with Crippen LogP contribution in [0.2, 0.25) is 0 Å². The van der Waals surface area contributed by atoms with E-state index in [-0.39, 0.29) is 23.6 Å². The van der Waals surface area contributed by atoms with Crippen LogP contribution in [0, 0.1) is 0 Å². The van der Waals surface area contributed by atoms with Crippen molar-refractivity contribution in [3.63, 3.8) is 0 Å². The molecule has 6 N–H and O–H groups in total. The summed E-state index contributed by atoms with van der Waals surface area (Å²) in [7, 11) is 0. The van der Waals surface area contributed by atoms with E-state index in [0.29, 0.717) is 49.4 Å². The lowest BCUT2D eigenvalue weighted by molar-refractivity contribution is -0.142. The van der Waals surface area contributed by atoms with Crippen molar-refractivity contribution in [1.82, 2.24) is 24.4 Å². The summed E-state index contributed by atoms with van der Waals surface area (Å²) in [6.07, 6.45) is 6.13. The molecule has 3 heterocycles. The average molecular weight is 509 g/mol. The summed E-state index contributed by atoms with van der Waals surface area (Å²) in [4.78, 5) is 55.8. The Kier molecular flexibility index (Phi) is 10.9. The van der Waals surface area contributed by atoms with Crippen LogP contribution in [0.15, 0.2) is 16.9 Å². The molecule has 0 radical (unpaired) electrons. The van der Waals surface area contributed by atoms with Gasteiger partial charge in [0, 0.05) is 18.7 Å². The van der Waals surface area contributed by atoms with E-state index in [1.54, 1.807) is 4.57 Å². The number of nitrogens with zero attached hydrogens (tertiary/aromatic N) is 4. The number of H-pyrrole nitrogens is 1. The van der Waals surface area contributed by atoms with Gasteiger partial charge in [0.1, 0.15) is 11.6 Å². The molecule has 1 saturated heterocycles. The minimum Gasteiger partial charge on any atom is -0.480 e. The van der Waals surface area contributed by atoms with Crippen molar-refractivity contribution < 1.29 is 34.4 Å². The van der Waals surface area contributed by atoms with Gasteiger partial charge in [0.2, 0.25) is 0 Å². The predicted octanol–water partition coefficient (Wildman–Crippen LogP) is 0.922. The molecule has 36 heavy (non-hydrogen) atoms. The minimum atomic E-state index is -1.26. The average Bonchev–Trinajstić information content (AvgIpc) is 3.41. The minimum absolute atomic E-state index is 0.174. The fourth-order valence-corrected chi connectivity index (χ4v) is 3.71. The summed E-state index contributed by atoms with van der Waals surface area (Å²) in [5, 5.41) is 24.9. The molecule has 0 unspecified atom stereocenters. The lowest BCUT2D eigenvalue weighted by Crippen LogP contribution is -2.36. The number of rotatable bonds is 12. The Labute approximate surface area is 206 Å². The van der Waals surface area contributed by atoms with E-state index in [2.05, 4.69) is 21.9 Å². The van der Waals surface area contributed by atoms with Crippen molar-refractivity contribution in [2.45, 2.75) is 58.0 Å². The van der Waals surface area contributed by atoms with Crippen LogP contribution in [-0.4, -0.2) is 83.4 Å². The number of unbranched alkanes of at least 4 members (excludes halogenated alkanes) is 2. The molecule has 2 aromatic rings. The molecule has 2 aromatic heterocycles. The van der Waals surface area contributed by atoms with E-state index in [9.17, 15) is 24.3 Å². The monoisotopic (exact) mass is 508 g/mol. The van der Waals surface area contributed by atoms with Crippen molar-refractivity contribution >= 4 is 34.9 Å². The summed E-state index contributed by atoms with van der Waals surface area (Å²) < 4.78 is 7.07. The number of nitrogen functional groups attached to an aromatic ring is 1. The Morgan fingerprint density at radius 2 is 1.78 bits per heavy atom. The number of aliphatic carboxylic acids is 3. The zero-order valence-electron chi connectivity index (χ0n) is 20.1. The number of aromatic amines is 1. The standard InChI is InChI=1S/C18H28N6O4.C4H4O4/c1-2-3-11-28-17-21-14(19)13-15(22-17)24(18(27)20-13)10-5-4-8-23-9-6-7-12(23)16(25)26;5-3(6)1-2-4(7)8/h12H,2-11H2,1H3,(H,20,27)(H,25,26)(H2,19,21,22);1-2H,(H,5,6)(H,7,8)/b;2-1+/t12-;/m0./s1. The lowest BCUT2D eigenvalue weighted by Gasteiger charge is -2.20. The third-order valence-electron chi connectivity index (χ3n) is 5.45. The number of fused-ring (bicyclic) bond motifs is 1. The number of aromatic nitrogens is 4. The molecule has 1 atom stereocenters. The number of nitrogens with two attached hydrogens (primary N) is 1. The highest BCUT2D eigenvalue weighted by molar-refractivity contribution is 5.89. The van der Waals surface area contributed by atoms with Gasteiger partial charge in [0.05, 0.1) is 6.61 Å². The van der Waals surface area contributed by atoms with Crippen LogP contribution in [0.4, 0.5) is 5.82 Å². The molecule has 0 aromatic carbocycles. The number of carboxylic acids is 3. The van der Waals surface area contributed by atoms with Gasteiger partial charge in [-0.15, -0.1) is 0 Å². The van der Waals surface area contributed by atoms with E-state index in [4.69, 9.17) is 20.7 Å². The van der Waals surface area contributed by atoms with Crippen LogP contribution in [0.3, 0.4) is 0 Å². The number of likely N-dealkylation sites (tertiary alicyclic amines) is 1. The summed E-state index contributed by atoms with van der Waals surface area (Å²) in [5.41, 5.74) is 6.52. The van der Waals surface area contributed by atoms with E-state index in [1.807, 2.05) is 4.90 Å². The van der Waals surface area contributed by atoms with E-state index >= 15 is 0 Å². The second kappa shape index (κ2) is 13.8. The quantitative estimate of drug-likeness (QED) is 0.200. The third kappa shape index (κ3) is 8.37. The summed E-state index contributed by atoms with van der Waals surface area (Å²) in [5.74, 6) is -3.08. The highest BCUT2D eigenvalue weighted by Gasteiger charge is 2.29. The molecule has 0 aliphatic carbocycles. The molecule has 0 saturated carbocycles. The van der Waals surface area contributed by atoms with Crippen LogP contribution in [0.25, 0.3) is 11.2 Å². The Hall–Kier alpha value is -3.94. The molecule has 1 aliphatic rings. The Morgan fingerprint density at radius 1 is 1.11 bits per heavy atom. The number of hydrogen-bond donors (Lipinski definition) is 5. The zero-order valence-corrected chi connectivity index (χ0v) is 20.1. The highest BCUT2D eigenvalue weighted by Crippen LogP contribution is 2.20. The number of nitrogens with one attached hydrogen (secondary N) is 1. The largest absolute Gasteiger partial charge is 0.480 e. The number of ether oxygens (including phenoxy) is 1. The molecule has 0 bridgehead atoms. The maximum Gasteiger partial charge on any atom is 0.328 e. The molecule has 0 spiro atoms. The van der Waals surface area contributed by atoms with Crippen LogP contribution >= 0.6 is 0 Å². The predicted molar refractivity (Wildman–Crippen MR) is 129 cm³/mol. The van der Waals surface area contributed by atoms with E-state index < -0.39 is 17.9 Å². The molecule has 14 nitrogen and oxygen atoms in total. The number of carboxylic acid groups (broad SMARTS) is 3. The molecule has 3 rings (SSSR count). The van der Waals surface area contributed by atoms with Crippen LogP contribution in [-0.2, 0) is 20.9 Å². The van der Waals surface area contributed by atoms with Crippen LogP contribution < -0.4 is 16.2 Å². The first kappa shape index (κ1) is 28.3. The second-order valence-electron chi connectivity index (χ2n) is 8.12. The highest BCUT2D eigenvalue weighted by atomic mass is 16.5. The molecule has 1 fully saturated rings. The van der Waals surface area contributed by atoms with Gasteiger partial charge in [-0.25, -0.2) is 14.4 Å². The molecular weight excluding hydrogens is 476 g/mol.